The molecule has 2 amide bonds. The van der Waals surface area contributed by atoms with Gasteiger partial charge in [0.25, 0.3) is 11.8 Å². The first-order valence-electron chi connectivity index (χ1n) is 9.06. The Balaban J connectivity index is 1.90. The van der Waals surface area contributed by atoms with Crippen LogP contribution in [-0.2, 0) is 6.54 Å². The van der Waals surface area contributed by atoms with Gasteiger partial charge in [-0.05, 0) is 48.7 Å². The van der Waals surface area contributed by atoms with E-state index >= 15 is 0 Å². The molecule has 0 aliphatic heterocycles. The first-order valence-corrected chi connectivity index (χ1v) is 10.7. The van der Waals surface area contributed by atoms with Gasteiger partial charge in [0, 0.05) is 30.2 Å². The van der Waals surface area contributed by atoms with Crippen molar-refractivity contribution in [3.05, 3.63) is 86.3 Å². The lowest BCUT2D eigenvalue weighted by molar-refractivity contribution is 0.0752. The Morgan fingerprint density at radius 3 is 2.52 bits per heavy atom. The number of halogens is 2. The van der Waals surface area contributed by atoms with Crippen LogP contribution in [0.15, 0.2) is 64.5 Å². The molecule has 1 heterocycles. The second kappa shape index (κ2) is 9.33. The number of rotatable bonds is 6. The van der Waals surface area contributed by atoms with Crippen molar-refractivity contribution in [2.75, 3.05) is 18.5 Å². The highest BCUT2D eigenvalue weighted by Crippen LogP contribution is 2.25. The van der Waals surface area contributed by atoms with Crippen LogP contribution in [-0.4, -0.2) is 30.3 Å². The first kappa shape index (κ1) is 21.2. The predicted molar refractivity (Wildman–Crippen MR) is 118 cm³/mol. The van der Waals surface area contributed by atoms with Crippen LogP contribution in [0.2, 0.25) is 0 Å². The Bertz CT molecular complexity index is 1020. The summed E-state index contributed by atoms with van der Waals surface area (Å²) >= 11 is 4.69. The molecule has 4 nitrogen and oxygen atoms in total. The van der Waals surface area contributed by atoms with E-state index in [1.807, 2.05) is 18.4 Å². The molecule has 150 valence electrons. The Labute approximate surface area is 181 Å². The van der Waals surface area contributed by atoms with Crippen molar-refractivity contribution in [3.8, 4) is 0 Å². The van der Waals surface area contributed by atoms with Gasteiger partial charge in [-0.3, -0.25) is 9.59 Å². The maximum absolute atomic E-state index is 14.2. The Morgan fingerprint density at radius 2 is 1.83 bits per heavy atom. The number of amides is 2. The molecule has 0 radical (unpaired) electrons. The summed E-state index contributed by atoms with van der Waals surface area (Å²) in [7, 11) is 1.65. The zero-order valence-electron chi connectivity index (χ0n) is 16.1. The van der Waals surface area contributed by atoms with Gasteiger partial charge in [0.1, 0.15) is 5.82 Å². The summed E-state index contributed by atoms with van der Waals surface area (Å²) in [6, 6.07) is 15.2. The Hall–Kier alpha value is -2.51. The van der Waals surface area contributed by atoms with Gasteiger partial charge < -0.3 is 9.80 Å². The number of benzene rings is 2. The van der Waals surface area contributed by atoms with Gasteiger partial charge in [-0.1, -0.05) is 34.1 Å². The van der Waals surface area contributed by atoms with Crippen molar-refractivity contribution >= 4 is 44.8 Å². The molecule has 7 heteroatoms. The maximum atomic E-state index is 14.2. The fourth-order valence-electron chi connectivity index (χ4n) is 2.99. The summed E-state index contributed by atoms with van der Waals surface area (Å²) in [5.74, 6) is -0.799. The molecule has 0 unspecified atom stereocenters. The van der Waals surface area contributed by atoms with Crippen molar-refractivity contribution in [3.63, 3.8) is 0 Å². The smallest absolute Gasteiger partial charge is 0.268 e. The molecule has 0 saturated carbocycles. The minimum atomic E-state index is -0.363. The van der Waals surface area contributed by atoms with Gasteiger partial charge in [-0.15, -0.1) is 11.3 Å². The first-order chi connectivity index (χ1) is 13.9. The second-order valence-corrected chi connectivity index (χ2v) is 8.28. The maximum Gasteiger partial charge on any atom is 0.268 e. The number of hydrogen-bond donors (Lipinski definition) is 0. The van der Waals surface area contributed by atoms with Gasteiger partial charge in [-0.25, -0.2) is 4.39 Å². The number of carbonyl (C=O) groups excluding carboxylic acids is 2. The topological polar surface area (TPSA) is 40.6 Å². The SMILES string of the molecule is CCN(Cc1cc(Br)ccc1F)C(=O)c1ccccc1N(C)C(=O)c1cccs1. The second-order valence-electron chi connectivity index (χ2n) is 6.41. The quantitative estimate of drug-likeness (QED) is 0.467. The van der Waals surface area contributed by atoms with Crippen LogP contribution in [0.4, 0.5) is 10.1 Å². The van der Waals surface area contributed by atoms with E-state index in [-0.39, 0.29) is 24.2 Å². The van der Waals surface area contributed by atoms with Crippen LogP contribution >= 0.6 is 27.3 Å². The van der Waals surface area contributed by atoms with E-state index in [0.717, 1.165) is 4.47 Å². The average molecular weight is 475 g/mol. The summed E-state index contributed by atoms with van der Waals surface area (Å²) in [4.78, 5) is 29.7. The monoisotopic (exact) mass is 474 g/mol. The van der Waals surface area contributed by atoms with E-state index in [1.165, 1.54) is 22.3 Å². The summed E-state index contributed by atoms with van der Waals surface area (Å²) in [5.41, 5.74) is 1.34. The number of hydrogen-bond acceptors (Lipinski definition) is 3. The molecule has 2 aromatic carbocycles. The lowest BCUT2D eigenvalue weighted by atomic mass is 10.1. The van der Waals surface area contributed by atoms with E-state index in [1.54, 1.807) is 54.4 Å². The number of anilines is 1. The summed E-state index contributed by atoms with van der Waals surface area (Å²) in [6.07, 6.45) is 0. The van der Waals surface area contributed by atoms with Crippen LogP contribution in [0.1, 0.15) is 32.5 Å². The van der Waals surface area contributed by atoms with Crippen LogP contribution < -0.4 is 4.90 Å². The number of para-hydroxylation sites is 1. The van der Waals surface area contributed by atoms with Crippen LogP contribution in [0, 0.1) is 5.82 Å². The molecule has 0 N–H and O–H groups in total. The van der Waals surface area contributed by atoms with E-state index in [0.29, 0.717) is 28.2 Å². The average Bonchev–Trinajstić information content (AvgIpc) is 3.27. The summed E-state index contributed by atoms with van der Waals surface area (Å²) < 4.78 is 14.9. The van der Waals surface area contributed by atoms with Gasteiger partial charge in [0.05, 0.1) is 16.1 Å². The minimum absolute atomic E-state index is 0.136. The third kappa shape index (κ3) is 4.74. The van der Waals surface area contributed by atoms with Crippen molar-refractivity contribution in [1.82, 2.24) is 4.90 Å². The van der Waals surface area contributed by atoms with Crippen molar-refractivity contribution in [1.29, 1.82) is 0 Å². The largest absolute Gasteiger partial charge is 0.334 e. The predicted octanol–water partition coefficient (Wildman–Crippen LogP) is 5.59. The lowest BCUT2D eigenvalue weighted by Gasteiger charge is -2.25. The third-order valence-corrected chi connectivity index (χ3v) is 5.92. The molecule has 0 fully saturated rings. The third-order valence-electron chi connectivity index (χ3n) is 4.57. The van der Waals surface area contributed by atoms with Crippen LogP contribution in [0.3, 0.4) is 0 Å². The molecular formula is C22H20BrFN2O2S. The standard InChI is InChI=1S/C22H20BrFN2O2S/c1-3-26(14-15-13-16(23)10-11-18(15)24)21(27)17-7-4-5-8-19(17)25(2)22(28)20-9-6-12-29-20/h4-13H,3,14H2,1-2H3. The molecule has 0 saturated heterocycles. The number of carbonyl (C=O) groups is 2. The summed E-state index contributed by atoms with van der Waals surface area (Å²) in [6.45, 7) is 2.39. The molecule has 29 heavy (non-hydrogen) atoms. The molecule has 3 aromatic rings. The van der Waals surface area contributed by atoms with E-state index in [2.05, 4.69) is 15.9 Å². The van der Waals surface area contributed by atoms with Crippen LogP contribution in [0.5, 0.6) is 0 Å². The number of nitrogens with zero attached hydrogens (tertiary/aromatic N) is 2. The highest BCUT2D eigenvalue weighted by Gasteiger charge is 2.23. The Kier molecular flexibility index (Phi) is 6.82. The van der Waals surface area contributed by atoms with Gasteiger partial charge in [0.15, 0.2) is 0 Å². The fourth-order valence-corrected chi connectivity index (χ4v) is 4.10. The summed E-state index contributed by atoms with van der Waals surface area (Å²) in [5, 5.41) is 1.84. The fraction of sp³-hybridized carbons (Fsp3) is 0.182. The molecule has 1 aromatic heterocycles. The van der Waals surface area contributed by atoms with E-state index in [4.69, 9.17) is 0 Å². The van der Waals surface area contributed by atoms with Crippen LogP contribution in [0.25, 0.3) is 0 Å². The highest BCUT2D eigenvalue weighted by molar-refractivity contribution is 9.10. The van der Waals surface area contributed by atoms with Gasteiger partial charge in [0.2, 0.25) is 0 Å². The van der Waals surface area contributed by atoms with E-state index in [9.17, 15) is 14.0 Å². The minimum Gasteiger partial charge on any atom is -0.334 e. The number of thiophene rings is 1. The zero-order chi connectivity index (χ0) is 21.0. The lowest BCUT2D eigenvalue weighted by Crippen LogP contribution is -2.33. The van der Waals surface area contributed by atoms with Gasteiger partial charge in [-0.2, -0.15) is 0 Å². The zero-order valence-corrected chi connectivity index (χ0v) is 18.5. The molecule has 0 aliphatic carbocycles. The highest BCUT2D eigenvalue weighted by atomic mass is 79.9. The normalized spacial score (nSPS) is 10.6. The molecule has 0 atom stereocenters. The molecular weight excluding hydrogens is 455 g/mol. The molecule has 0 bridgehead atoms. The molecule has 3 rings (SSSR count). The molecule has 0 spiro atoms. The molecule has 0 aliphatic rings. The van der Waals surface area contributed by atoms with Crippen molar-refractivity contribution in [2.45, 2.75) is 13.5 Å². The Morgan fingerprint density at radius 1 is 1.07 bits per heavy atom. The van der Waals surface area contributed by atoms with Crippen molar-refractivity contribution in [2.24, 2.45) is 0 Å². The van der Waals surface area contributed by atoms with E-state index < -0.39 is 0 Å². The van der Waals surface area contributed by atoms with Crippen molar-refractivity contribution < 1.29 is 14.0 Å². The van der Waals surface area contributed by atoms with Gasteiger partial charge >= 0.3 is 0 Å².